The molecule has 0 spiro atoms. The third-order valence-electron chi connectivity index (χ3n) is 7.02. The van der Waals surface area contributed by atoms with Crippen molar-refractivity contribution in [2.75, 3.05) is 0 Å². The van der Waals surface area contributed by atoms with E-state index in [1.165, 1.54) is 12.1 Å². The number of rotatable bonds is 2. The Balaban J connectivity index is 1.80. The highest BCUT2D eigenvalue weighted by Gasteiger charge is 2.24. The smallest absolute Gasteiger partial charge is 0.189 e. The van der Waals surface area contributed by atoms with Gasteiger partial charge < -0.3 is 0 Å². The quantitative estimate of drug-likeness (QED) is 0.126. The van der Waals surface area contributed by atoms with E-state index in [1.807, 2.05) is 48.5 Å². The van der Waals surface area contributed by atoms with E-state index in [1.54, 1.807) is 24.3 Å². The lowest BCUT2D eigenvalue weighted by atomic mass is 9.89. The summed E-state index contributed by atoms with van der Waals surface area (Å²) in [7, 11) is 0. The summed E-state index contributed by atoms with van der Waals surface area (Å²) in [6.07, 6.45) is 0. The van der Waals surface area contributed by atoms with Gasteiger partial charge >= 0.3 is 0 Å². The van der Waals surface area contributed by atoms with Gasteiger partial charge in [-0.05, 0) is 71.8 Å². The molecule has 2 aromatic heterocycles. The van der Waals surface area contributed by atoms with E-state index < -0.39 is 0 Å². The Morgan fingerprint density at radius 3 is 1.19 bits per heavy atom. The minimum absolute atomic E-state index is 0.286. The van der Waals surface area contributed by atoms with E-state index in [0.29, 0.717) is 77.5 Å². The van der Waals surface area contributed by atoms with Crippen molar-refractivity contribution in [2.24, 2.45) is 0 Å². The number of fused-ring (bicyclic) bond motifs is 5. The van der Waals surface area contributed by atoms with Crippen molar-refractivity contribution >= 4 is 55.5 Å². The van der Waals surface area contributed by atoms with Crippen LogP contribution in [0.3, 0.4) is 0 Å². The van der Waals surface area contributed by atoms with E-state index in [4.69, 9.17) is 33.1 Å². The average molecular weight is 535 g/mol. The molecule has 7 rings (SSSR count). The van der Waals surface area contributed by atoms with Crippen molar-refractivity contribution in [3.63, 3.8) is 0 Å². The molecule has 0 saturated carbocycles. The molecule has 0 amide bonds. The highest BCUT2D eigenvalue weighted by atomic mass is 14.9. The fourth-order valence-corrected chi connectivity index (χ4v) is 5.25. The van der Waals surface area contributed by atoms with Crippen molar-refractivity contribution in [3.8, 4) is 34.4 Å². The number of nitrogens with zero attached hydrogens (tertiary/aromatic N) is 8. The van der Waals surface area contributed by atoms with Gasteiger partial charge in [0, 0.05) is 22.3 Å². The summed E-state index contributed by atoms with van der Waals surface area (Å²) in [5.41, 5.74) is 8.14. The molecule has 0 saturated heterocycles. The van der Waals surface area contributed by atoms with E-state index in [9.17, 15) is 10.5 Å². The molecule has 8 heteroatoms. The zero-order chi connectivity index (χ0) is 28.8. The molecule has 0 atom stereocenters. The van der Waals surface area contributed by atoms with Gasteiger partial charge in [-0.15, -0.1) is 0 Å². The number of hydrogen-bond acceptors (Lipinski definition) is 6. The third kappa shape index (κ3) is 3.81. The Kier molecular flexibility index (Phi) is 5.48. The molecule has 0 unspecified atom stereocenters. The minimum Gasteiger partial charge on any atom is -0.244 e. The highest BCUT2D eigenvalue weighted by molar-refractivity contribution is 6.19. The monoisotopic (exact) mass is 534 g/mol. The van der Waals surface area contributed by atoms with Crippen molar-refractivity contribution in [1.82, 2.24) is 19.9 Å². The second kappa shape index (κ2) is 9.47. The van der Waals surface area contributed by atoms with Gasteiger partial charge in [0.05, 0.1) is 47.3 Å². The molecule has 0 aliphatic rings. The molecule has 7 aromatic rings. The predicted molar refractivity (Wildman–Crippen MR) is 160 cm³/mol. The van der Waals surface area contributed by atoms with Gasteiger partial charge in [-0.1, -0.05) is 24.3 Å². The second-order valence-electron chi connectivity index (χ2n) is 9.55. The van der Waals surface area contributed by atoms with Gasteiger partial charge in [0.25, 0.3) is 0 Å². The van der Waals surface area contributed by atoms with Gasteiger partial charge in [-0.2, -0.15) is 10.5 Å². The molecule has 2 heterocycles. The maximum Gasteiger partial charge on any atom is 0.189 e. The lowest BCUT2D eigenvalue weighted by Gasteiger charge is -2.18. The van der Waals surface area contributed by atoms with Crippen molar-refractivity contribution in [2.45, 2.75) is 0 Å². The number of nitriles is 2. The first-order chi connectivity index (χ1) is 20.6. The summed E-state index contributed by atoms with van der Waals surface area (Å²) in [5, 5.41) is 19.6. The van der Waals surface area contributed by atoms with Gasteiger partial charge in [-0.25, -0.2) is 29.6 Å². The van der Waals surface area contributed by atoms with Crippen LogP contribution in [-0.4, -0.2) is 19.9 Å². The largest absolute Gasteiger partial charge is 0.244 e. The Morgan fingerprint density at radius 2 is 0.857 bits per heavy atom. The molecular weight excluding hydrogens is 520 g/mol. The molecule has 0 bridgehead atoms. The molecule has 0 fully saturated rings. The van der Waals surface area contributed by atoms with Gasteiger partial charge in [0.1, 0.15) is 22.1 Å². The summed E-state index contributed by atoms with van der Waals surface area (Å²) in [5.74, 6) is 0. The molecule has 0 radical (unpaired) electrons. The Hall–Kier alpha value is -6.74. The zero-order valence-electron chi connectivity index (χ0n) is 21.7. The maximum absolute atomic E-state index is 9.82. The topological polar surface area (TPSA) is 108 Å². The van der Waals surface area contributed by atoms with Crippen molar-refractivity contribution in [3.05, 3.63) is 119 Å². The van der Waals surface area contributed by atoms with Crippen LogP contribution < -0.4 is 0 Å². The van der Waals surface area contributed by atoms with E-state index in [-0.39, 0.29) is 11.4 Å². The Bertz CT molecular complexity index is 2230. The van der Waals surface area contributed by atoms with Crippen LogP contribution in [0, 0.1) is 35.8 Å². The minimum atomic E-state index is 0.286. The lowest BCUT2D eigenvalue weighted by Crippen LogP contribution is -2.00. The Morgan fingerprint density at radius 1 is 0.500 bits per heavy atom. The molecule has 42 heavy (non-hydrogen) atoms. The van der Waals surface area contributed by atoms with Crippen LogP contribution >= 0.6 is 0 Å². The predicted octanol–water partition coefficient (Wildman–Crippen LogP) is 8.06. The number of aromatic nitrogens is 4. The van der Waals surface area contributed by atoms with Crippen LogP contribution in [0.5, 0.6) is 0 Å². The first-order valence-corrected chi connectivity index (χ1v) is 12.7. The van der Waals surface area contributed by atoms with E-state index in [2.05, 4.69) is 21.8 Å². The summed E-state index contributed by atoms with van der Waals surface area (Å²) in [4.78, 5) is 27.3. The maximum atomic E-state index is 9.82. The standard InChI is InChI=1S/C34H14N8/c1-37-23-13-19(17-35)11-21(15-23)29-30(22-12-20(18-36)14-24(16-22)38-2)32-34(42-28-10-6-4-8-26(28)40-32)33-31(29)39-25-7-3-5-9-27(25)41-33/h3-16H. The first-order valence-electron chi connectivity index (χ1n) is 12.7. The summed E-state index contributed by atoms with van der Waals surface area (Å²) < 4.78 is 0. The van der Waals surface area contributed by atoms with Crippen LogP contribution in [0.25, 0.3) is 76.1 Å². The molecular formula is C34H14N8. The summed E-state index contributed by atoms with van der Waals surface area (Å²) in [6, 6.07) is 29.2. The number of para-hydroxylation sites is 4. The molecule has 5 aromatic carbocycles. The fourth-order valence-electron chi connectivity index (χ4n) is 5.25. The number of benzene rings is 5. The van der Waals surface area contributed by atoms with E-state index in [0.717, 1.165) is 0 Å². The number of hydrogen-bond donors (Lipinski definition) is 0. The van der Waals surface area contributed by atoms with Crippen LogP contribution in [-0.2, 0) is 0 Å². The van der Waals surface area contributed by atoms with E-state index >= 15 is 0 Å². The zero-order valence-corrected chi connectivity index (χ0v) is 21.7. The SMILES string of the molecule is [C-]#[N+]c1cc(C#N)cc(-c2c(-c3cc(C#N)cc([N+]#[C-])c3)c3nc4ccccc4nc3c3nc4ccccc4nc23)c1. The highest BCUT2D eigenvalue weighted by Crippen LogP contribution is 2.45. The van der Waals surface area contributed by atoms with Crippen molar-refractivity contribution < 1.29 is 0 Å². The molecule has 0 N–H and O–H groups in total. The van der Waals surface area contributed by atoms with Crippen LogP contribution in [0.1, 0.15) is 11.1 Å². The van der Waals surface area contributed by atoms with Crippen molar-refractivity contribution in [1.29, 1.82) is 10.5 Å². The second-order valence-corrected chi connectivity index (χ2v) is 9.55. The van der Waals surface area contributed by atoms with Crippen LogP contribution in [0.2, 0.25) is 0 Å². The van der Waals surface area contributed by atoms with Crippen LogP contribution in [0.15, 0.2) is 84.9 Å². The summed E-state index contributed by atoms with van der Waals surface area (Å²) in [6.45, 7) is 15.4. The molecule has 0 aliphatic carbocycles. The van der Waals surface area contributed by atoms with Gasteiger partial charge in [0.15, 0.2) is 11.4 Å². The molecule has 8 nitrogen and oxygen atoms in total. The Labute approximate surface area is 239 Å². The molecule has 190 valence electrons. The van der Waals surface area contributed by atoms with Crippen LogP contribution in [0.4, 0.5) is 11.4 Å². The molecule has 0 aliphatic heterocycles. The fraction of sp³-hybridized carbons (Fsp3) is 0. The average Bonchev–Trinajstić information content (AvgIpc) is 3.05. The third-order valence-corrected chi connectivity index (χ3v) is 7.02. The normalized spacial score (nSPS) is 10.8. The first kappa shape index (κ1) is 24.3. The van der Waals surface area contributed by atoms with Gasteiger partial charge in [-0.3, -0.25) is 0 Å². The van der Waals surface area contributed by atoms with Gasteiger partial charge in [0.2, 0.25) is 0 Å². The summed E-state index contributed by atoms with van der Waals surface area (Å²) >= 11 is 0. The lowest BCUT2D eigenvalue weighted by molar-refractivity contribution is 1.36.